The second-order valence-corrected chi connectivity index (χ2v) is 7.85. The summed E-state index contributed by atoms with van der Waals surface area (Å²) in [7, 11) is -3.51. The molecule has 0 aliphatic heterocycles. The number of hydrogen-bond donors (Lipinski definition) is 2. The molecule has 130 valence electrons. The lowest BCUT2D eigenvalue weighted by Crippen LogP contribution is -2.26. The number of pyridine rings is 1. The van der Waals surface area contributed by atoms with E-state index in [1.165, 1.54) is 0 Å². The lowest BCUT2D eigenvalue weighted by Gasteiger charge is -2.09. The van der Waals surface area contributed by atoms with Crippen LogP contribution < -0.4 is 10.3 Å². The molecule has 1 aromatic heterocycles. The molecule has 0 atom stereocenters. The van der Waals surface area contributed by atoms with Gasteiger partial charge in [0, 0.05) is 17.6 Å². The summed E-state index contributed by atoms with van der Waals surface area (Å²) in [5.74, 6) is 0. The summed E-state index contributed by atoms with van der Waals surface area (Å²) in [5.41, 5.74) is 3.07. The molecule has 5 nitrogen and oxygen atoms in total. The van der Waals surface area contributed by atoms with Crippen molar-refractivity contribution in [3.8, 4) is 0 Å². The summed E-state index contributed by atoms with van der Waals surface area (Å²) in [6.45, 7) is 3.85. The minimum absolute atomic E-state index is 0.0914. The molecule has 0 saturated carbocycles. The number of fused-ring (bicyclic) bond motifs is 1. The maximum absolute atomic E-state index is 12.4. The molecule has 0 unspecified atom stereocenters. The molecule has 0 aliphatic carbocycles. The summed E-state index contributed by atoms with van der Waals surface area (Å²) in [6, 6.07) is 14.5. The van der Waals surface area contributed by atoms with Crippen molar-refractivity contribution in [3.63, 3.8) is 0 Å². The lowest BCUT2D eigenvalue weighted by atomic mass is 10.1. The zero-order chi connectivity index (χ0) is 18.0. The minimum Gasteiger partial charge on any atom is -0.322 e. The molecule has 3 rings (SSSR count). The molecule has 6 heteroatoms. The molecule has 1 heterocycles. The Balaban J connectivity index is 1.74. The maximum Gasteiger partial charge on any atom is 0.251 e. The van der Waals surface area contributed by atoms with Gasteiger partial charge in [0.05, 0.1) is 4.90 Å². The van der Waals surface area contributed by atoms with Crippen molar-refractivity contribution in [2.45, 2.75) is 25.2 Å². The van der Waals surface area contributed by atoms with E-state index in [0.29, 0.717) is 23.4 Å². The predicted molar refractivity (Wildman–Crippen MR) is 99.4 cm³/mol. The molecule has 0 fully saturated rings. The van der Waals surface area contributed by atoms with E-state index in [4.69, 9.17) is 0 Å². The Bertz CT molecular complexity index is 1090. The van der Waals surface area contributed by atoms with Crippen LogP contribution in [0.4, 0.5) is 0 Å². The Hall–Kier alpha value is -2.44. The zero-order valence-corrected chi connectivity index (χ0v) is 15.0. The number of benzene rings is 2. The number of sulfonamides is 1. The SMILES string of the molecule is Cc1ccccc1S(=O)(=O)NCCc1ccc2[nH]c(=O)c(C)cc2c1. The van der Waals surface area contributed by atoms with Gasteiger partial charge in [-0.3, -0.25) is 4.79 Å². The number of rotatable bonds is 5. The van der Waals surface area contributed by atoms with E-state index in [1.54, 1.807) is 32.0 Å². The summed E-state index contributed by atoms with van der Waals surface area (Å²) < 4.78 is 27.4. The summed E-state index contributed by atoms with van der Waals surface area (Å²) in [5, 5.41) is 0.941. The summed E-state index contributed by atoms with van der Waals surface area (Å²) in [4.78, 5) is 14.8. The largest absolute Gasteiger partial charge is 0.322 e. The molecule has 0 radical (unpaired) electrons. The van der Waals surface area contributed by atoms with Crippen molar-refractivity contribution in [2.75, 3.05) is 6.54 Å². The Morgan fingerprint density at radius 3 is 2.52 bits per heavy atom. The minimum atomic E-state index is -3.51. The molecule has 2 N–H and O–H groups in total. The Morgan fingerprint density at radius 1 is 1.00 bits per heavy atom. The molecule has 0 spiro atoms. The monoisotopic (exact) mass is 356 g/mol. The van der Waals surface area contributed by atoms with Gasteiger partial charge in [0.25, 0.3) is 5.56 Å². The molecule has 2 aromatic carbocycles. The number of hydrogen-bond acceptors (Lipinski definition) is 3. The van der Waals surface area contributed by atoms with Crippen LogP contribution in [0, 0.1) is 13.8 Å². The third kappa shape index (κ3) is 3.81. The molecule has 0 aliphatic rings. The molecule has 3 aromatic rings. The van der Waals surface area contributed by atoms with Gasteiger partial charge >= 0.3 is 0 Å². The summed E-state index contributed by atoms with van der Waals surface area (Å²) in [6.07, 6.45) is 0.569. The van der Waals surface area contributed by atoms with Crippen molar-refractivity contribution in [1.82, 2.24) is 9.71 Å². The van der Waals surface area contributed by atoms with Crippen molar-refractivity contribution >= 4 is 20.9 Å². The van der Waals surface area contributed by atoms with E-state index in [0.717, 1.165) is 22.0 Å². The van der Waals surface area contributed by atoms with E-state index >= 15 is 0 Å². The fourth-order valence-electron chi connectivity index (χ4n) is 2.79. The average molecular weight is 356 g/mol. The number of aromatic amines is 1. The number of nitrogens with one attached hydrogen (secondary N) is 2. The van der Waals surface area contributed by atoms with Crippen LogP contribution >= 0.6 is 0 Å². The lowest BCUT2D eigenvalue weighted by molar-refractivity contribution is 0.581. The first-order chi connectivity index (χ1) is 11.9. The van der Waals surface area contributed by atoms with Gasteiger partial charge in [-0.25, -0.2) is 13.1 Å². The third-order valence-corrected chi connectivity index (χ3v) is 5.80. The standard InChI is InChI=1S/C19H20N2O3S/c1-13-5-3-4-6-18(13)25(23,24)20-10-9-15-7-8-17-16(12-15)11-14(2)19(22)21-17/h3-8,11-12,20H,9-10H2,1-2H3,(H,21,22). The Kier molecular flexibility index (Phi) is 4.74. The van der Waals surface area contributed by atoms with E-state index in [1.807, 2.05) is 30.3 Å². The van der Waals surface area contributed by atoms with Crippen molar-refractivity contribution < 1.29 is 8.42 Å². The highest BCUT2D eigenvalue weighted by atomic mass is 32.2. The van der Waals surface area contributed by atoms with Crippen LogP contribution in [0.15, 0.2) is 58.2 Å². The Morgan fingerprint density at radius 2 is 1.76 bits per heavy atom. The van der Waals surface area contributed by atoms with Gasteiger partial charge in [-0.2, -0.15) is 0 Å². The van der Waals surface area contributed by atoms with Gasteiger partial charge in [0.2, 0.25) is 10.0 Å². The quantitative estimate of drug-likeness (QED) is 0.738. The number of H-pyrrole nitrogens is 1. The van der Waals surface area contributed by atoms with E-state index in [9.17, 15) is 13.2 Å². The maximum atomic E-state index is 12.4. The predicted octanol–water partition coefficient (Wildman–Crippen LogP) is 2.67. The van der Waals surface area contributed by atoms with Gasteiger partial charge in [-0.05, 0) is 61.0 Å². The van der Waals surface area contributed by atoms with Crippen LogP contribution in [0.5, 0.6) is 0 Å². The second kappa shape index (κ2) is 6.82. The zero-order valence-electron chi connectivity index (χ0n) is 14.2. The molecule has 0 bridgehead atoms. The topological polar surface area (TPSA) is 79.0 Å². The van der Waals surface area contributed by atoms with Crippen LogP contribution in [-0.2, 0) is 16.4 Å². The first-order valence-corrected chi connectivity index (χ1v) is 9.53. The van der Waals surface area contributed by atoms with Crippen LogP contribution in [0.2, 0.25) is 0 Å². The van der Waals surface area contributed by atoms with Crippen molar-refractivity contribution in [2.24, 2.45) is 0 Å². The number of aromatic nitrogens is 1. The highest BCUT2D eigenvalue weighted by Gasteiger charge is 2.15. The fraction of sp³-hybridized carbons (Fsp3) is 0.211. The molecule has 0 amide bonds. The smallest absolute Gasteiger partial charge is 0.251 e. The third-order valence-electron chi connectivity index (χ3n) is 4.18. The number of aryl methyl sites for hydroxylation is 2. The van der Waals surface area contributed by atoms with Gasteiger partial charge in [0.1, 0.15) is 0 Å². The van der Waals surface area contributed by atoms with Gasteiger partial charge < -0.3 is 4.98 Å². The normalized spacial score (nSPS) is 11.8. The van der Waals surface area contributed by atoms with E-state index in [2.05, 4.69) is 9.71 Å². The first kappa shape index (κ1) is 17.4. The Labute approximate surface area is 146 Å². The molecular formula is C19H20N2O3S. The van der Waals surface area contributed by atoms with Crippen molar-refractivity contribution in [1.29, 1.82) is 0 Å². The molecule has 0 saturated heterocycles. The highest BCUT2D eigenvalue weighted by Crippen LogP contribution is 2.15. The van der Waals surface area contributed by atoms with Gasteiger partial charge in [0.15, 0.2) is 0 Å². The van der Waals surface area contributed by atoms with Gasteiger partial charge in [-0.15, -0.1) is 0 Å². The second-order valence-electron chi connectivity index (χ2n) is 6.12. The van der Waals surface area contributed by atoms with Crippen LogP contribution in [0.1, 0.15) is 16.7 Å². The van der Waals surface area contributed by atoms with Crippen LogP contribution in [0.3, 0.4) is 0 Å². The van der Waals surface area contributed by atoms with E-state index in [-0.39, 0.29) is 5.56 Å². The average Bonchev–Trinajstić information content (AvgIpc) is 2.56. The van der Waals surface area contributed by atoms with Crippen molar-refractivity contribution in [3.05, 3.63) is 75.6 Å². The van der Waals surface area contributed by atoms with Crippen LogP contribution in [0.25, 0.3) is 10.9 Å². The summed E-state index contributed by atoms with van der Waals surface area (Å²) >= 11 is 0. The fourth-order valence-corrected chi connectivity index (χ4v) is 4.06. The van der Waals surface area contributed by atoms with Gasteiger partial charge in [-0.1, -0.05) is 24.3 Å². The van der Waals surface area contributed by atoms with E-state index < -0.39 is 10.0 Å². The molecular weight excluding hydrogens is 336 g/mol. The molecule has 25 heavy (non-hydrogen) atoms. The van der Waals surface area contributed by atoms with Crippen LogP contribution in [-0.4, -0.2) is 19.9 Å². The highest BCUT2D eigenvalue weighted by molar-refractivity contribution is 7.89. The first-order valence-electron chi connectivity index (χ1n) is 8.05.